The molecule has 0 aliphatic carbocycles. The molecule has 1 aromatic heterocycles. The van der Waals surface area contributed by atoms with Crippen LogP contribution >= 0.6 is 11.6 Å². The van der Waals surface area contributed by atoms with Crippen LogP contribution in [0.1, 0.15) is 11.1 Å². The second kappa shape index (κ2) is 7.28. The molecule has 0 bridgehead atoms. The lowest BCUT2D eigenvalue weighted by atomic mass is 10.1. The molecule has 8 heteroatoms. The number of para-hydroxylation sites is 1. The van der Waals surface area contributed by atoms with E-state index in [4.69, 9.17) is 16.0 Å². The molecular weight excluding hydrogens is 383 g/mol. The number of anilines is 1. The van der Waals surface area contributed by atoms with Crippen molar-refractivity contribution in [3.8, 4) is 0 Å². The number of nitrogens with one attached hydrogen (secondary N) is 1. The molecule has 0 spiro atoms. The number of fused-ring (bicyclic) bond motifs is 1. The van der Waals surface area contributed by atoms with E-state index >= 15 is 0 Å². The third kappa shape index (κ3) is 4.20. The van der Waals surface area contributed by atoms with Gasteiger partial charge >= 0.3 is 6.18 Å². The van der Waals surface area contributed by atoms with Crippen molar-refractivity contribution in [3.63, 3.8) is 0 Å². The highest BCUT2D eigenvalue weighted by Crippen LogP contribution is 2.33. The predicted molar refractivity (Wildman–Crippen MR) is 96.6 cm³/mol. The van der Waals surface area contributed by atoms with E-state index < -0.39 is 17.6 Å². The van der Waals surface area contributed by atoms with Crippen molar-refractivity contribution in [1.29, 1.82) is 0 Å². The van der Waals surface area contributed by atoms with Gasteiger partial charge in [-0.05, 0) is 36.4 Å². The maximum Gasteiger partial charge on any atom is 0.416 e. The van der Waals surface area contributed by atoms with Gasteiger partial charge in [-0.15, -0.1) is 0 Å². The second-order valence-electron chi connectivity index (χ2n) is 5.53. The average Bonchev–Trinajstić information content (AvgIpc) is 2.62. The van der Waals surface area contributed by atoms with Gasteiger partial charge in [0.2, 0.25) is 5.91 Å². The average molecular weight is 394 g/mol. The first-order valence-corrected chi connectivity index (χ1v) is 8.00. The number of hydrogen-bond acceptors (Lipinski definition) is 3. The molecule has 1 N–H and O–H groups in total. The molecule has 138 valence electrons. The van der Waals surface area contributed by atoms with E-state index in [9.17, 15) is 22.8 Å². The monoisotopic (exact) mass is 393 g/mol. The number of amides is 1. The molecule has 27 heavy (non-hydrogen) atoms. The highest BCUT2D eigenvalue weighted by atomic mass is 35.5. The number of alkyl halides is 3. The summed E-state index contributed by atoms with van der Waals surface area (Å²) >= 11 is 5.83. The topological polar surface area (TPSA) is 59.3 Å². The summed E-state index contributed by atoms with van der Waals surface area (Å²) in [7, 11) is 0. The first-order chi connectivity index (χ1) is 12.8. The predicted octanol–water partition coefficient (Wildman–Crippen LogP) is 5.12. The Kier molecular flexibility index (Phi) is 5.05. The van der Waals surface area contributed by atoms with E-state index in [1.54, 1.807) is 24.3 Å². The number of rotatable bonds is 3. The van der Waals surface area contributed by atoms with Crippen LogP contribution in [0.2, 0.25) is 5.02 Å². The van der Waals surface area contributed by atoms with Crippen LogP contribution in [0, 0.1) is 0 Å². The van der Waals surface area contributed by atoms with E-state index in [0.717, 1.165) is 24.3 Å². The molecule has 0 aliphatic heterocycles. The lowest BCUT2D eigenvalue weighted by Gasteiger charge is -2.10. The van der Waals surface area contributed by atoms with Crippen LogP contribution in [0.4, 0.5) is 18.9 Å². The van der Waals surface area contributed by atoms with Crippen molar-refractivity contribution in [2.75, 3.05) is 5.32 Å². The third-order valence-electron chi connectivity index (χ3n) is 3.67. The number of hydrogen-bond donors (Lipinski definition) is 1. The highest BCUT2D eigenvalue weighted by Gasteiger charge is 2.31. The maximum absolute atomic E-state index is 12.8. The molecule has 3 aromatic rings. The zero-order valence-electron chi connectivity index (χ0n) is 13.5. The molecule has 4 nitrogen and oxygen atoms in total. The van der Waals surface area contributed by atoms with Gasteiger partial charge in [0.15, 0.2) is 5.43 Å². The Morgan fingerprint density at radius 1 is 1.15 bits per heavy atom. The summed E-state index contributed by atoms with van der Waals surface area (Å²) in [5.41, 5.74) is -0.940. The van der Waals surface area contributed by atoms with Crippen molar-refractivity contribution in [2.45, 2.75) is 6.18 Å². The molecule has 1 amide bonds. The quantitative estimate of drug-likeness (QED) is 0.628. The number of halogens is 4. The van der Waals surface area contributed by atoms with Gasteiger partial charge in [-0.2, -0.15) is 13.2 Å². The second-order valence-corrected chi connectivity index (χ2v) is 5.94. The Labute approximate surface area is 155 Å². The fourth-order valence-corrected chi connectivity index (χ4v) is 2.51. The molecule has 0 atom stereocenters. The SMILES string of the molecule is O=C(/C=C/c1coc2ccccc2c1=O)Nc1cc(C(F)(F)F)ccc1Cl. The van der Waals surface area contributed by atoms with E-state index in [1.807, 2.05) is 0 Å². The molecule has 0 radical (unpaired) electrons. The van der Waals surface area contributed by atoms with Crippen molar-refractivity contribution in [2.24, 2.45) is 0 Å². The summed E-state index contributed by atoms with van der Waals surface area (Å²) in [5.74, 6) is -0.746. The molecular formula is C19H11ClF3NO3. The summed E-state index contributed by atoms with van der Waals surface area (Å²) in [6.45, 7) is 0. The van der Waals surface area contributed by atoms with Crippen LogP contribution in [-0.2, 0) is 11.0 Å². The van der Waals surface area contributed by atoms with Gasteiger partial charge in [-0.25, -0.2) is 0 Å². The van der Waals surface area contributed by atoms with Crippen molar-refractivity contribution in [1.82, 2.24) is 0 Å². The van der Waals surface area contributed by atoms with Crippen LogP contribution in [0.3, 0.4) is 0 Å². The smallest absolute Gasteiger partial charge is 0.416 e. The van der Waals surface area contributed by atoms with Crippen LogP contribution in [0.25, 0.3) is 17.0 Å². The van der Waals surface area contributed by atoms with Crippen LogP contribution in [-0.4, -0.2) is 5.91 Å². The number of benzene rings is 2. The first kappa shape index (κ1) is 18.7. The largest absolute Gasteiger partial charge is 0.463 e. The Hall–Kier alpha value is -3.06. The minimum Gasteiger partial charge on any atom is -0.463 e. The highest BCUT2D eigenvalue weighted by molar-refractivity contribution is 6.33. The summed E-state index contributed by atoms with van der Waals surface area (Å²) < 4.78 is 43.6. The molecule has 0 unspecified atom stereocenters. The first-order valence-electron chi connectivity index (χ1n) is 7.62. The molecule has 0 aliphatic rings. The Morgan fingerprint density at radius 2 is 1.89 bits per heavy atom. The van der Waals surface area contributed by atoms with E-state index in [0.29, 0.717) is 11.0 Å². The van der Waals surface area contributed by atoms with E-state index in [-0.39, 0.29) is 21.7 Å². The lowest BCUT2D eigenvalue weighted by molar-refractivity contribution is -0.137. The summed E-state index contributed by atoms with van der Waals surface area (Å²) in [4.78, 5) is 24.3. The molecule has 2 aromatic carbocycles. The van der Waals surface area contributed by atoms with Crippen LogP contribution in [0.5, 0.6) is 0 Å². The molecule has 0 saturated carbocycles. The maximum atomic E-state index is 12.8. The summed E-state index contributed by atoms with van der Waals surface area (Å²) in [6.07, 6.45) is -1.14. The third-order valence-corrected chi connectivity index (χ3v) is 4.00. The fourth-order valence-electron chi connectivity index (χ4n) is 2.35. The van der Waals surface area contributed by atoms with Crippen molar-refractivity contribution in [3.05, 3.63) is 81.2 Å². The van der Waals surface area contributed by atoms with E-state index in [2.05, 4.69) is 5.32 Å². The minimum absolute atomic E-state index is 0.0463. The summed E-state index contributed by atoms with van der Waals surface area (Å²) in [6, 6.07) is 9.20. The number of carbonyl (C=O) groups is 1. The fraction of sp³-hybridized carbons (Fsp3) is 0.0526. The Bertz CT molecular complexity index is 1100. The molecule has 3 rings (SSSR count). The lowest BCUT2D eigenvalue weighted by Crippen LogP contribution is -2.11. The summed E-state index contributed by atoms with van der Waals surface area (Å²) in [5, 5.41) is 2.56. The standard InChI is InChI=1S/C19H11ClF3NO3/c20-14-7-6-12(19(21,22)23)9-15(14)24-17(25)8-5-11-10-27-16-4-2-1-3-13(16)18(11)26/h1-10H,(H,24,25)/b8-5+. The van der Waals surface area contributed by atoms with Gasteiger partial charge in [0.05, 0.1) is 27.2 Å². The van der Waals surface area contributed by atoms with Gasteiger partial charge < -0.3 is 9.73 Å². The zero-order valence-corrected chi connectivity index (χ0v) is 14.3. The van der Waals surface area contributed by atoms with Gasteiger partial charge in [-0.3, -0.25) is 9.59 Å². The zero-order chi connectivity index (χ0) is 19.6. The van der Waals surface area contributed by atoms with Gasteiger partial charge in [0.1, 0.15) is 11.8 Å². The number of carbonyl (C=O) groups excluding carboxylic acids is 1. The Balaban J connectivity index is 1.82. The minimum atomic E-state index is -4.57. The van der Waals surface area contributed by atoms with Crippen LogP contribution < -0.4 is 10.7 Å². The molecule has 0 saturated heterocycles. The van der Waals surface area contributed by atoms with Crippen molar-refractivity contribution < 1.29 is 22.4 Å². The Morgan fingerprint density at radius 3 is 2.63 bits per heavy atom. The van der Waals surface area contributed by atoms with Gasteiger partial charge in [0.25, 0.3) is 0 Å². The van der Waals surface area contributed by atoms with Crippen molar-refractivity contribution >= 4 is 40.2 Å². The molecule has 0 fully saturated rings. The van der Waals surface area contributed by atoms with Crippen LogP contribution in [0.15, 0.2) is 64.0 Å². The van der Waals surface area contributed by atoms with Gasteiger partial charge in [0, 0.05) is 6.08 Å². The van der Waals surface area contributed by atoms with E-state index in [1.165, 1.54) is 12.3 Å². The molecule has 1 heterocycles. The van der Waals surface area contributed by atoms with Gasteiger partial charge in [-0.1, -0.05) is 23.7 Å². The normalized spacial score (nSPS) is 11.9.